The number of hydrogen-bond acceptors (Lipinski definition) is 1. The monoisotopic (exact) mass is 844 g/mol. The predicted octanol–water partition coefficient (Wildman–Crippen LogP) is 17.4. The number of aromatic nitrogens is 1. The van der Waals surface area contributed by atoms with Crippen molar-refractivity contribution in [1.82, 2.24) is 4.57 Å². The molecular formula is C64H48N2. The van der Waals surface area contributed by atoms with Crippen molar-refractivity contribution in [2.24, 2.45) is 0 Å². The molecule has 0 saturated carbocycles. The number of fused-ring (bicyclic) bond motifs is 10. The Hall–Kier alpha value is -7.94. The summed E-state index contributed by atoms with van der Waals surface area (Å²) >= 11 is 0. The maximum Gasteiger partial charge on any atom is 0.0561 e. The topological polar surface area (TPSA) is 8.17 Å². The summed E-state index contributed by atoms with van der Waals surface area (Å²) in [7, 11) is 0. The summed E-state index contributed by atoms with van der Waals surface area (Å²) < 4.78 is 2.42. The van der Waals surface area contributed by atoms with Crippen LogP contribution < -0.4 is 4.90 Å². The van der Waals surface area contributed by atoms with Crippen LogP contribution in [0, 0.1) is 0 Å². The average molecular weight is 845 g/mol. The highest BCUT2D eigenvalue weighted by Crippen LogP contribution is 2.58. The van der Waals surface area contributed by atoms with Crippen molar-refractivity contribution in [2.45, 2.75) is 38.5 Å². The molecule has 0 bridgehead atoms. The second-order valence-corrected chi connectivity index (χ2v) is 19.3. The van der Waals surface area contributed by atoms with Crippen molar-refractivity contribution < 1.29 is 0 Å². The van der Waals surface area contributed by atoms with Gasteiger partial charge in [-0.1, -0.05) is 185 Å². The molecule has 2 nitrogen and oxygen atoms in total. The van der Waals surface area contributed by atoms with Crippen molar-refractivity contribution in [2.75, 3.05) is 4.90 Å². The van der Waals surface area contributed by atoms with Gasteiger partial charge in [0.1, 0.15) is 0 Å². The quantitative estimate of drug-likeness (QED) is 0.162. The molecule has 0 fully saturated rings. The first-order chi connectivity index (χ1) is 32.3. The van der Waals surface area contributed by atoms with E-state index in [0.29, 0.717) is 0 Å². The van der Waals surface area contributed by atoms with Crippen LogP contribution in [0.15, 0.2) is 218 Å². The van der Waals surface area contributed by atoms with E-state index in [1.54, 1.807) is 0 Å². The summed E-state index contributed by atoms with van der Waals surface area (Å²) in [5.74, 6) is 0. The molecule has 13 rings (SSSR count). The van der Waals surface area contributed by atoms with E-state index in [1.165, 1.54) is 99.3 Å². The molecule has 314 valence electrons. The molecule has 0 amide bonds. The van der Waals surface area contributed by atoms with E-state index in [2.05, 4.69) is 256 Å². The Balaban J connectivity index is 0.994. The highest BCUT2D eigenvalue weighted by atomic mass is 15.1. The molecule has 0 atom stereocenters. The van der Waals surface area contributed by atoms with Crippen molar-refractivity contribution in [3.63, 3.8) is 0 Å². The van der Waals surface area contributed by atoms with Crippen LogP contribution in [-0.4, -0.2) is 4.57 Å². The lowest BCUT2D eigenvalue weighted by molar-refractivity contribution is 0.639. The number of anilines is 3. The summed E-state index contributed by atoms with van der Waals surface area (Å²) in [6, 6.07) is 81.1. The minimum absolute atomic E-state index is 0.129. The van der Waals surface area contributed by atoms with Crippen molar-refractivity contribution in [1.29, 1.82) is 0 Å². The van der Waals surface area contributed by atoms with E-state index in [1.807, 2.05) is 0 Å². The number of benzene rings is 10. The van der Waals surface area contributed by atoms with Gasteiger partial charge in [0.25, 0.3) is 0 Å². The Morgan fingerprint density at radius 2 is 0.909 bits per heavy atom. The van der Waals surface area contributed by atoms with E-state index in [0.717, 1.165) is 22.7 Å². The van der Waals surface area contributed by atoms with Crippen molar-refractivity contribution >= 4 is 49.6 Å². The molecular weight excluding hydrogens is 797 g/mol. The van der Waals surface area contributed by atoms with E-state index in [9.17, 15) is 0 Å². The standard InChI is InChI=1S/C64H48N2/c1-63(2)56-27-16-26-50(42-17-7-5-8-18-42)62(56)55-39-54-51-35-33-46(37-57(51)64(3,4)58(54)40-59(55)63)65(45-31-29-43(30-32-45)49-25-15-20-41-19-11-12-23-48(41)49)47-34-36-53-52-24-13-14-28-60(52)66(61(53)38-47)44-21-9-6-10-22-44/h5-40H,1-4H3. The van der Waals surface area contributed by atoms with Gasteiger partial charge in [0, 0.05) is 44.4 Å². The fourth-order valence-corrected chi connectivity index (χ4v) is 11.7. The van der Waals surface area contributed by atoms with Gasteiger partial charge in [-0.2, -0.15) is 0 Å². The minimum atomic E-state index is -0.226. The van der Waals surface area contributed by atoms with E-state index in [4.69, 9.17) is 0 Å². The number of hydrogen-bond donors (Lipinski definition) is 0. The van der Waals surface area contributed by atoms with Crippen LogP contribution >= 0.6 is 0 Å². The molecule has 10 aromatic carbocycles. The fraction of sp³-hybridized carbons (Fsp3) is 0.0938. The third-order valence-electron chi connectivity index (χ3n) is 15.0. The average Bonchev–Trinajstić information content (AvgIpc) is 3.90. The molecule has 1 heterocycles. The Labute approximate surface area is 386 Å². The molecule has 1 aromatic heterocycles. The number of rotatable bonds is 6. The molecule has 0 radical (unpaired) electrons. The van der Waals surface area contributed by atoms with Gasteiger partial charge in [0.15, 0.2) is 0 Å². The molecule has 0 saturated heterocycles. The first-order valence-corrected chi connectivity index (χ1v) is 23.3. The number of nitrogens with zero attached hydrogens (tertiary/aromatic N) is 2. The van der Waals surface area contributed by atoms with Crippen LogP contribution in [0.3, 0.4) is 0 Å². The molecule has 0 aliphatic heterocycles. The molecule has 0 unspecified atom stereocenters. The molecule has 11 aromatic rings. The highest BCUT2D eigenvalue weighted by Gasteiger charge is 2.43. The van der Waals surface area contributed by atoms with Crippen LogP contribution in [0.4, 0.5) is 17.1 Å². The van der Waals surface area contributed by atoms with E-state index >= 15 is 0 Å². The van der Waals surface area contributed by atoms with Crippen LogP contribution in [0.5, 0.6) is 0 Å². The lowest BCUT2D eigenvalue weighted by atomic mass is 9.77. The lowest BCUT2D eigenvalue weighted by Crippen LogP contribution is -2.19. The fourth-order valence-electron chi connectivity index (χ4n) is 11.7. The Kier molecular flexibility index (Phi) is 8.33. The zero-order chi connectivity index (χ0) is 44.3. The van der Waals surface area contributed by atoms with Gasteiger partial charge in [0.05, 0.1) is 11.0 Å². The summed E-state index contributed by atoms with van der Waals surface area (Å²) in [6.45, 7) is 9.66. The zero-order valence-electron chi connectivity index (χ0n) is 37.7. The van der Waals surface area contributed by atoms with E-state index < -0.39 is 0 Å². The predicted molar refractivity (Wildman–Crippen MR) is 279 cm³/mol. The maximum atomic E-state index is 2.55. The smallest absolute Gasteiger partial charge is 0.0561 e. The third kappa shape index (κ3) is 5.61. The molecule has 2 heteroatoms. The van der Waals surface area contributed by atoms with E-state index in [-0.39, 0.29) is 10.8 Å². The summed E-state index contributed by atoms with van der Waals surface area (Å²) in [5, 5.41) is 5.00. The molecule has 0 spiro atoms. The number of para-hydroxylation sites is 2. The molecule has 2 aliphatic carbocycles. The Bertz CT molecular complexity index is 3730. The molecule has 66 heavy (non-hydrogen) atoms. The van der Waals surface area contributed by atoms with Gasteiger partial charge in [-0.05, 0) is 138 Å². The van der Waals surface area contributed by atoms with Gasteiger partial charge in [-0.15, -0.1) is 0 Å². The maximum absolute atomic E-state index is 2.55. The zero-order valence-corrected chi connectivity index (χ0v) is 37.7. The van der Waals surface area contributed by atoms with Crippen molar-refractivity contribution in [3.05, 3.63) is 241 Å². The molecule has 2 aliphatic rings. The van der Waals surface area contributed by atoms with Crippen LogP contribution in [0.2, 0.25) is 0 Å². The van der Waals surface area contributed by atoms with Crippen molar-refractivity contribution in [3.8, 4) is 50.2 Å². The largest absolute Gasteiger partial charge is 0.310 e. The lowest BCUT2D eigenvalue weighted by Gasteiger charge is -2.29. The van der Waals surface area contributed by atoms with Gasteiger partial charge in [-0.25, -0.2) is 0 Å². The summed E-state index contributed by atoms with van der Waals surface area (Å²) in [6.07, 6.45) is 0. The molecule has 0 N–H and O–H groups in total. The second-order valence-electron chi connectivity index (χ2n) is 19.3. The normalized spacial score (nSPS) is 14.0. The SMILES string of the molecule is CC1(C)c2cc(N(c3ccc(-c4cccc5ccccc45)cc3)c3ccc4c5ccccc5n(-c5ccccc5)c4c3)ccc2-c2cc3c(cc21)C(C)(C)c1cccc(-c2ccccc2)c1-3. The van der Waals surface area contributed by atoms with Gasteiger partial charge in [0.2, 0.25) is 0 Å². The van der Waals surface area contributed by atoms with Crippen LogP contribution in [0.25, 0.3) is 82.8 Å². The Morgan fingerprint density at radius 3 is 1.73 bits per heavy atom. The van der Waals surface area contributed by atoms with Crippen LogP contribution in [0.1, 0.15) is 49.9 Å². The third-order valence-corrected chi connectivity index (χ3v) is 15.0. The Morgan fingerprint density at radius 1 is 0.333 bits per heavy atom. The second kappa shape index (κ2) is 14.3. The first kappa shape index (κ1) is 38.5. The van der Waals surface area contributed by atoms with Gasteiger partial charge >= 0.3 is 0 Å². The highest BCUT2D eigenvalue weighted by molar-refractivity contribution is 6.10. The summed E-state index contributed by atoms with van der Waals surface area (Å²) in [4.78, 5) is 2.46. The van der Waals surface area contributed by atoms with Gasteiger partial charge in [-0.3, -0.25) is 0 Å². The van der Waals surface area contributed by atoms with Gasteiger partial charge < -0.3 is 9.47 Å². The first-order valence-electron chi connectivity index (χ1n) is 23.3. The van der Waals surface area contributed by atoms with Crippen LogP contribution in [-0.2, 0) is 10.8 Å². The minimum Gasteiger partial charge on any atom is -0.310 e. The summed E-state index contributed by atoms with van der Waals surface area (Å²) in [5.41, 5.74) is 22.5.